The van der Waals surface area contributed by atoms with Gasteiger partial charge in [-0.1, -0.05) is 18.2 Å². The molecule has 0 N–H and O–H groups in total. The number of para-hydroxylation sites is 2. The summed E-state index contributed by atoms with van der Waals surface area (Å²) in [5.41, 5.74) is 0. The lowest BCUT2D eigenvalue weighted by molar-refractivity contribution is 0.309. The Labute approximate surface area is 92.7 Å². The van der Waals surface area contributed by atoms with Crippen LogP contribution in [-0.2, 0) is 0 Å². The molecule has 0 aromatic heterocycles. The summed E-state index contributed by atoms with van der Waals surface area (Å²) in [7, 11) is 1.63. The molecule has 76 valence electrons. The van der Waals surface area contributed by atoms with Crippen LogP contribution in [0.4, 0.5) is 0 Å². The minimum absolute atomic E-state index is 0.121. The molecular formula is C11H13BrO2. The zero-order valence-electron chi connectivity index (χ0n) is 8.24. The number of rotatable bonds is 4. The van der Waals surface area contributed by atoms with Gasteiger partial charge < -0.3 is 9.47 Å². The minimum atomic E-state index is -0.121. The van der Waals surface area contributed by atoms with Crippen LogP contribution in [0.2, 0.25) is 0 Å². The summed E-state index contributed by atoms with van der Waals surface area (Å²) in [6.45, 7) is 1.94. The van der Waals surface area contributed by atoms with Crippen molar-refractivity contribution in [3.63, 3.8) is 0 Å². The lowest BCUT2D eigenvalue weighted by Gasteiger charge is -2.12. The molecule has 3 heteroatoms. The topological polar surface area (TPSA) is 18.5 Å². The van der Waals surface area contributed by atoms with Crippen LogP contribution in [0, 0.1) is 0 Å². The van der Waals surface area contributed by atoms with E-state index in [1.165, 1.54) is 0 Å². The van der Waals surface area contributed by atoms with Gasteiger partial charge in [-0.05, 0) is 41.1 Å². The van der Waals surface area contributed by atoms with Crippen LogP contribution in [0.1, 0.15) is 6.92 Å². The number of methoxy groups -OCH3 is 1. The highest BCUT2D eigenvalue weighted by molar-refractivity contribution is 9.09. The Hall–Kier alpha value is -0.960. The summed E-state index contributed by atoms with van der Waals surface area (Å²) in [5.74, 6) is 1.47. The van der Waals surface area contributed by atoms with E-state index < -0.39 is 0 Å². The zero-order chi connectivity index (χ0) is 10.4. The van der Waals surface area contributed by atoms with E-state index in [9.17, 15) is 0 Å². The molecule has 1 rings (SSSR count). The lowest BCUT2D eigenvalue weighted by atomic mass is 10.3. The van der Waals surface area contributed by atoms with E-state index in [4.69, 9.17) is 9.47 Å². The second-order valence-corrected chi connectivity index (χ2v) is 3.55. The van der Waals surface area contributed by atoms with Gasteiger partial charge in [0.15, 0.2) is 16.5 Å². The van der Waals surface area contributed by atoms with Crippen LogP contribution < -0.4 is 9.47 Å². The Morgan fingerprint density at radius 3 is 2.50 bits per heavy atom. The summed E-state index contributed by atoms with van der Waals surface area (Å²) >= 11 is 3.37. The minimum Gasteiger partial charge on any atom is -0.493 e. The maximum atomic E-state index is 5.58. The van der Waals surface area contributed by atoms with E-state index in [-0.39, 0.29) is 5.01 Å². The van der Waals surface area contributed by atoms with Crippen LogP contribution in [0.5, 0.6) is 11.5 Å². The quantitative estimate of drug-likeness (QED) is 0.608. The van der Waals surface area contributed by atoms with Crippen LogP contribution in [0.15, 0.2) is 36.4 Å². The standard InChI is InChI=1S/C11H13BrO2/c1-3-6-11(12)14-10-8-5-4-7-9(10)13-2/h3-8,11H,1-2H3/b6-3+. The molecule has 1 aromatic carbocycles. The number of allylic oxidation sites excluding steroid dienone is 1. The van der Waals surface area contributed by atoms with Crippen molar-refractivity contribution in [2.24, 2.45) is 0 Å². The first-order chi connectivity index (χ1) is 6.77. The van der Waals surface area contributed by atoms with Crippen molar-refractivity contribution in [3.05, 3.63) is 36.4 Å². The molecule has 0 spiro atoms. The van der Waals surface area contributed by atoms with E-state index in [1.807, 2.05) is 43.3 Å². The lowest BCUT2D eigenvalue weighted by Crippen LogP contribution is -2.04. The SMILES string of the molecule is C/C=C/C(Br)Oc1ccccc1OC. The van der Waals surface area contributed by atoms with E-state index in [2.05, 4.69) is 15.9 Å². The molecule has 2 nitrogen and oxygen atoms in total. The van der Waals surface area contributed by atoms with Crippen molar-refractivity contribution in [2.45, 2.75) is 11.9 Å². The summed E-state index contributed by atoms with van der Waals surface area (Å²) in [5, 5.41) is -0.121. The van der Waals surface area contributed by atoms with Gasteiger partial charge in [-0.15, -0.1) is 0 Å². The number of ether oxygens (including phenoxy) is 2. The van der Waals surface area contributed by atoms with Crippen molar-refractivity contribution in [2.75, 3.05) is 7.11 Å². The molecule has 0 amide bonds. The van der Waals surface area contributed by atoms with Crippen molar-refractivity contribution < 1.29 is 9.47 Å². The summed E-state index contributed by atoms with van der Waals surface area (Å²) in [4.78, 5) is 0. The third-order valence-electron chi connectivity index (χ3n) is 1.65. The highest BCUT2D eigenvalue weighted by Crippen LogP contribution is 2.27. The predicted molar refractivity (Wildman–Crippen MR) is 61.2 cm³/mol. The smallest absolute Gasteiger partial charge is 0.171 e. The monoisotopic (exact) mass is 256 g/mol. The van der Waals surface area contributed by atoms with Gasteiger partial charge in [-0.3, -0.25) is 0 Å². The highest BCUT2D eigenvalue weighted by atomic mass is 79.9. The molecule has 14 heavy (non-hydrogen) atoms. The highest BCUT2D eigenvalue weighted by Gasteiger charge is 2.05. The molecule has 1 aromatic rings. The first-order valence-electron chi connectivity index (χ1n) is 4.34. The Balaban J connectivity index is 2.75. The average molecular weight is 257 g/mol. The Kier molecular flexibility index (Phi) is 4.53. The van der Waals surface area contributed by atoms with Crippen LogP contribution in [-0.4, -0.2) is 12.1 Å². The average Bonchev–Trinajstić information content (AvgIpc) is 2.19. The molecule has 0 aliphatic carbocycles. The fourth-order valence-electron chi connectivity index (χ4n) is 1.03. The molecule has 0 saturated heterocycles. The summed E-state index contributed by atoms with van der Waals surface area (Å²) in [6.07, 6.45) is 3.83. The number of benzene rings is 1. The number of hydrogen-bond donors (Lipinski definition) is 0. The molecule has 0 radical (unpaired) electrons. The second kappa shape index (κ2) is 5.70. The van der Waals surface area contributed by atoms with Crippen LogP contribution >= 0.6 is 15.9 Å². The molecule has 0 bridgehead atoms. The summed E-state index contributed by atoms with van der Waals surface area (Å²) < 4.78 is 10.7. The van der Waals surface area contributed by atoms with Crippen LogP contribution in [0.25, 0.3) is 0 Å². The molecule has 0 fully saturated rings. The zero-order valence-corrected chi connectivity index (χ0v) is 9.82. The maximum absolute atomic E-state index is 5.58. The number of hydrogen-bond acceptors (Lipinski definition) is 2. The first-order valence-corrected chi connectivity index (χ1v) is 5.26. The van der Waals surface area contributed by atoms with Gasteiger partial charge in [0, 0.05) is 0 Å². The Bertz CT molecular complexity index is 310. The van der Waals surface area contributed by atoms with E-state index in [0.717, 1.165) is 11.5 Å². The van der Waals surface area contributed by atoms with Gasteiger partial charge in [-0.2, -0.15) is 0 Å². The third kappa shape index (κ3) is 3.07. The molecule has 0 saturated carbocycles. The molecule has 0 aliphatic rings. The van der Waals surface area contributed by atoms with Crippen molar-refractivity contribution >= 4 is 15.9 Å². The van der Waals surface area contributed by atoms with Gasteiger partial charge in [0.2, 0.25) is 0 Å². The van der Waals surface area contributed by atoms with E-state index >= 15 is 0 Å². The molecular weight excluding hydrogens is 244 g/mol. The molecule has 0 heterocycles. The largest absolute Gasteiger partial charge is 0.493 e. The predicted octanol–water partition coefficient (Wildman–Crippen LogP) is 3.37. The number of alkyl halides is 1. The first kappa shape index (κ1) is 11.1. The Morgan fingerprint density at radius 2 is 1.93 bits per heavy atom. The van der Waals surface area contributed by atoms with Crippen molar-refractivity contribution in [3.8, 4) is 11.5 Å². The van der Waals surface area contributed by atoms with E-state index in [0.29, 0.717) is 0 Å². The van der Waals surface area contributed by atoms with Crippen molar-refractivity contribution in [1.29, 1.82) is 0 Å². The van der Waals surface area contributed by atoms with E-state index in [1.54, 1.807) is 7.11 Å². The molecule has 1 unspecified atom stereocenters. The van der Waals surface area contributed by atoms with Gasteiger partial charge in [0.1, 0.15) is 0 Å². The van der Waals surface area contributed by atoms with Gasteiger partial charge in [0.05, 0.1) is 7.11 Å². The summed E-state index contributed by atoms with van der Waals surface area (Å²) in [6, 6.07) is 7.55. The Morgan fingerprint density at radius 1 is 1.29 bits per heavy atom. The second-order valence-electron chi connectivity index (χ2n) is 2.65. The molecule has 1 atom stereocenters. The fourth-order valence-corrected chi connectivity index (χ4v) is 1.53. The molecule has 0 aliphatic heterocycles. The van der Waals surface area contributed by atoms with Crippen molar-refractivity contribution in [1.82, 2.24) is 0 Å². The van der Waals surface area contributed by atoms with Gasteiger partial charge in [0.25, 0.3) is 0 Å². The fraction of sp³-hybridized carbons (Fsp3) is 0.273. The normalized spacial score (nSPS) is 12.8. The maximum Gasteiger partial charge on any atom is 0.171 e. The van der Waals surface area contributed by atoms with Gasteiger partial charge >= 0.3 is 0 Å². The number of halogens is 1. The van der Waals surface area contributed by atoms with Crippen LogP contribution in [0.3, 0.4) is 0 Å². The third-order valence-corrected chi connectivity index (χ3v) is 2.14. The van der Waals surface area contributed by atoms with Gasteiger partial charge in [-0.25, -0.2) is 0 Å².